The van der Waals surface area contributed by atoms with Crippen LogP contribution in [0.15, 0.2) is 43.0 Å². The van der Waals surface area contributed by atoms with Crippen molar-refractivity contribution >= 4 is 12.1 Å². The van der Waals surface area contributed by atoms with E-state index >= 15 is 0 Å². The Morgan fingerprint density at radius 3 is 2.59 bits per heavy atom. The van der Waals surface area contributed by atoms with Gasteiger partial charge in [0.1, 0.15) is 12.6 Å². The van der Waals surface area contributed by atoms with Gasteiger partial charge >= 0.3 is 12.1 Å². The second kappa shape index (κ2) is 6.32. The number of benzene rings is 1. The van der Waals surface area contributed by atoms with E-state index in [2.05, 4.69) is 11.9 Å². The highest BCUT2D eigenvalue weighted by Crippen LogP contribution is 2.00. The second-order valence-corrected chi connectivity index (χ2v) is 3.26. The predicted octanol–water partition coefficient (Wildman–Crippen LogP) is 1.55. The maximum atomic E-state index is 11.2. The highest BCUT2D eigenvalue weighted by Gasteiger charge is 2.16. The van der Waals surface area contributed by atoms with Gasteiger partial charge in [-0.1, -0.05) is 36.4 Å². The van der Waals surface area contributed by atoms with Gasteiger partial charge in [-0.15, -0.1) is 6.58 Å². The van der Waals surface area contributed by atoms with Crippen molar-refractivity contribution in [1.82, 2.24) is 5.32 Å². The van der Waals surface area contributed by atoms with Crippen molar-refractivity contribution in [3.05, 3.63) is 48.6 Å². The standard InChI is InChI=1S/C12H13NO4/c1-2-10(11(14)15)13-12(16)17-8-9-6-4-3-5-7-9/h2-7,10H,1,8H2,(H,13,16)(H,14,15)/t10-/m1/s1. The van der Waals surface area contributed by atoms with E-state index in [0.29, 0.717) is 0 Å². The van der Waals surface area contributed by atoms with Crippen LogP contribution in [0.4, 0.5) is 4.79 Å². The van der Waals surface area contributed by atoms with Gasteiger partial charge in [-0.25, -0.2) is 9.59 Å². The van der Waals surface area contributed by atoms with Gasteiger partial charge in [-0.3, -0.25) is 0 Å². The number of carboxylic acids is 1. The molecule has 0 unspecified atom stereocenters. The van der Waals surface area contributed by atoms with Crippen LogP contribution >= 0.6 is 0 Å². The average Bonchev–Trinajstić information content (AvgIpc) is 2.34. The number of aliphatic carboxylic acids is 1. The Hall–Kier alpha value is -2.30. The Morgan fingerprint density at radius 2 is 2.06 bits per heavy atom. The van der Waals surface area contributed by atoms with Crippen LogP contribution in [0.5, 0.6) is 0 Å². The lowest BCUT2D eigenvalue weighted by atomic mass is 10.2. The average molecular weight is 235 g/mol. The van der Waals surface area contributed by atoms with E-state index in [1.165, 1.54) is 0 Å². The van der Waals surface area contributed by atoms with Crippen LogP contribution in [0.2, 0.25) is 0 Å². The summed E-state index contributed by atoms with van der Waals surface area (Å²) in [5.74, 6) is -1.18. The smallest absolute Gasteiger partial charge is 0.408 e. The molecule has 0 saturated carbocycles. The Bertz CT molecular complexity index is 402. The summed E-state index contributed by atoms with van der Waals surface area (Å²) in [6.45, 7) is 3.40. The summed E-state index contributed by atoms with van der Waals surface area (Å²) in [5.41, 5.74) is 0.827. The monoisotopic (exact) mass is 235 g/mol. The number of ether oxygens (including phenoxy) is 1. The number of hydrogen-bond acceptors (Lipinski definition) is 3. The first kappa shape index (κ1) is 12.8. The normalized spacial score (nSPS) is 11.3. The number of carbonyl (C=O) groups is 2. The second-order valence-electron chi connectivity index (χ2n) is 3.26. The SMILES string of the molecule is C=C[C@@H](NC(=O)OCc1ccccc1)C(=O)O. The minimum Gasteiger partial charge on any atom is -0.479 e. The fraction of sp³-hybridized carbons (Fsp3) is 0.167. The third-order valence-electron chi connectivity index (χ3n) is 1.99. The number of rotatable bonds is 5. The highest BCUT2D eigenvalue weighted by atomic mass is 16.5. The maximum absolute atomic E-state index is 11.2. The molecule has 0 bridgehead atoms. The summed E-state index contributed by atoms with van der Waals surface area (Å²) in [4.78, 5) is 21.8. The van der Waals surface area contributed by atoms with Crippen LogP contribution in [0.25, 0.3) is 0 Å². The number of nitrogens with one attached hydrogen (secondary N) is 1. The molecule has 0 aliphatic carbocycles. The van der Waals surface area contributed by atoms with E-state index in [9.17, 15) is 9.59 Å². The van der Waals surface area contributed by atoms with Crippen molar-refractivity contribution in [1.29, 1.82) is 0 Å². The van der Waals surface area contributed by atoms with E-state index in [-0.39, 0.29) is 6.61 Å². The van der Waals surface area contributed by atoms with Gasteiger partial charge in [0.15, 0.2) is 0 Å². The summed E-state index contributed by atoms with van der Waals surface area (Å²) in [6.07, 6.45) is 0.327. The minimum atomic E-state index is -1.18. The molecule has 1 aromatic rings. The number of carbonyl (C=O) groups excluding carboxylic acids is 1. The molecule has 5 nitrogen and oxygen atoms in total. The zero-order valence-corrected chi connectivity index (χ0v) is 9.13. The first-order chi connectivity index (χ1) is 8.13. The van der Waals surface area contributed by atoms with E-state index in [0.717, 1.165) is 11.6 Å². The summed E-state index contributed by atoms with van der Waals surface area (Å²) < 4.78 is 4.85. The lowest BCUT2D eigenvalue weighted by Gasteiger charge is -2.10. The summed E-state index contributed by atoms with van der Waals surface area (Å²) in [5, 5.41) is 10.8. The fourth-order valence-electron chi connectivity index (χ4n) is 1.11. The van der Waals surface area contributed by atoms with Crippen molar-refractivity contribution in [2.24, 2.45) is 0 Å². The molecule has 5 heteroatoms. The van der Waals surface area contributed by atoms with Crippen molar-refractivity contribution in [2.45, 2.75) is 12.6 Å². The van der Waals surface area contributed by atoms with E-state index in [4.69, 9.17) is 9.84 Å². The Kier molecular flexibility index (Phi) is 4.75. The van der Waals surface area contributed by atoms with Crippen LogP contribution in [0.3, 0.4) is 0 Å². The van der Waals surface area contributed by atoms with Gasteiger partial charge in [0.2, 0.25) is 0 Å². The van der Waals surface area contributed by atoms with Gasteiger partial charge in [0.05, 0.1) is 0 Å². The van der Waals surface area contributed by atoms with Gasteiger partial charge in [0, 0.05) is 0 Å². The lowest BCUT2D eigenvalue weighted by Crippen LogP contribution is -2.39. The molecule has 0 saturated heterocycles. The van der Waals surface area contributed by atoms with Crippen molar-refractivity contribution < 1.29 is 19.4 Å². The van der Waals surface area contributed by atoms with Crippen molar-refractivity contribution in [3.8, 4) is 0 Å². The molecule has 0 spiro atoms. The Morgan fingerprint density at radius 1 is 1.41 bits per heavy atom. The molecule has 1 rings (SSSR count). The fourth-order valence-corrected chi connectivity index (χ4v) is 1.11. The van der Waals surface area contributed by atoms with Crippen molar-refractivity contribution in [2.75, 3.05) is 0 Å². The predicted molar refractivity (Wildman–Crippen MR) is 61.4 cm³/mol. The third-order valence-corrected chi connectivity index (χ3v) is 1.99. The van der Waals surface area contributed by atoms with Crippen LogP contribution in [0, 0.1) is 0 Å². The maximum Gasteiger partial charge on any atom is 0.408 e. The molecule has 0 aliphatic rings. The largest absolute Gasteiger partial charge is 0.479 e. The zero-order chi connectivity index (χ0) is 12.7. The quantitative estimate of drug-likeness (QED) is 0.759. The van der Waals surface area contributed by atoms with Crippen LogP contribution in [0.1, 0.15) is 5.56 Å². The van der Waals surface area contributed by atoms with Crippen LogP contribution in [-0.4, -0.2) is 23.2 Å². The first-order valence-electron chi connectivity index (χ1n) is 4.96. The molecule has 1 aromatic carbocycles. The number of carboxylic acid groups (broad SMARTS) is 1. The summed E-state index contributed by atoms with van der Waals surface area (Å²) >= 11 is 0. The number of amides is 1. The first-order valence-corrected chi connectivity index (χ1v) is 4.96. The van der Waals surface area contributed by atoms with Gasteiger partial charge in [-0.05, 0) is 5.56 Å². The summed E-state index contributed by atoms with van der Waals surface area (Å²) in [6, 6.07) is 7.95. The Labute approximate surface area is 98.7 Å². The molecule has 0 radical (unpaired) electrons. The number of hydrogen-bond donors (Lipinski definition) is 2. The third kappa shape index (κ3) is 4.38. The highest BCUT2D eigenvalue weighted by molar-refractivity contribution is 5.81. The molecule has 0 aliphatic heterocycles. The molecule has 2 N–H and O–H groups in total. The van der Waals surface area contributed by atoms with Crippen LogP contribution in [-0.2, 0) is 16.1 Å². The van der Waals surface area contributed by atoms with E-state index < -0.39 is 18.1 Å². The Balaban J connectivity index is 2.40. The minimum absolute atomic E-state index is 0.0934. The van der Waals surface area contributed by atoms with Crippen molar-refractivity contribution in [3.63, 3.8) is 0 Å². The summed E-state index contributed by atoms with van der Waals surface area (Å²) in [7, 11) is 0. The molecule has 0 heterocycles. The van der Waals surface area contributed by atoms with Gasteiger partial charge in [0.25, 0.3) is 0 Å². The zero-order valence-electron chi connectivity index (χ0n) is 9.13. The molecule has 1 amide bonds. The molecule has 0 fully saturated rings. The molecule has 90 valence electrons. The molecule has 0 aromatic heterocycles. The number of alkyl carbamates (subject to hydrolysis) is 1. The molecule has 1 atom stereocenters. The van der Waals surface area contributed by atoms with E-state index in [1.54, 1.807) is 12.1 Å². The van der Waals surface area contributed by atoms with Gasteiger partial charge in [-0.2, -0.15) is 0 Å². The van der Waals surface area contributed by atoms with E-state index in [1.807, 2.05) is 18.2 Å². The van der Waals surface area contributed by atoms with Gasteiger partial charge < -0.3 is 15.2 Å². The molecular formula is C12H13NO4. The molecule has 17 heavy (non-hydrogen) atoms. The van der Waals surface area contributed by atoms with Crippen LogP contribution < -0.4 is 5.32 Å². The lowest BCUT2D eigenvalue weighted by molar-refractivity contribution is -0.138. The molecular weight excluding hydrogens is 222 g/mol. The topological polar surface area (TPSA) is 75.6 Å².